The van der Waals surface area contributed by atoms with Crippen molar-refractivity contribution in [2.45, 2.75) is 18.7 Å². The molecule has 0 bridgehead atoms. The molecule has 2 rings (SSSR count). The van der Waals surface area contributed by atoms with Gasteiger partial charge in [0.15, 0.2) is 0 Å². The molecule has 1 heterocycles. The molecule has 0 aliphatic rings. The van der Waals surface area contributed by atoms with Gasteiger partial charge in [-0.15, -0.1) is 0 Å². The highest BCUT2D eigenvalue weighted by atomic mass is 32.2. The van der Waals surface area contributed by atoms with Gasteiger partial charge in [-0.3, -0.25) is 19.9 Å². The third kappa shape index (κ3) is 2.62. The van der Waals surface area contributed by atoms with Crippen molar-refractivity contribution in [1.29, 1.82) is 0 Å². The SMILES string of the molecule is Cc1n[nH]c(C)c1S(=O)(=O)Nc1ccc([N+](=O)[O-])cc1. The first-order valence-corrected chi connectivity index (χ1v) is 7.08. The number of aryl methyl sites for hydroxylation is 2. The Morgan fingerprint density at radius 2 is 1.85 bits per heavy atom. The molecule has 0 radical (unpaired) electrons. The predicted octanol–water partition coefficient (Wildman–Crippen LogP) is 1.74. The molecule has 0 amide bonds. The first kappa shape index (κ1) is 14.0. The largest absolute Gasteiger partial charge is 0.281 e. The normalized spacial score (nSPS) is 11.3. The maximum atomic E-state index is 12.2. The second-order valence-electron chi connectivity index (χ2n) is 4.17. The number of sulfonamides is 1. The maximum Gasteiger partial charge on any atom is 0.269 e. The topological polar surface area (TPSA) is 118 Å². The van der Waals surface area contributed by atoms with E-state index in [4.69, 9.17) is 0 Å². The van der Waals surface area contributed by atoms with Gasteiger partial charge in [0.25, 0.3) is 15.7 Å². The Kier molecular flexibility index (Phi) is 3.45. The Morgan fingerprint density at radius 1 is 1.25 bits per heavy atom. The molecule has 9 heteroatoms. The van der Waals surface area contributed by atoms with Crippen LogP contribution in [0.3, 0.4) is 0 Å². The van der Waals surface area contributed by atoms with Gasteiger partial charge in [0.2, 0.25) is 0 Å². The average Bonchev–Trinajstić information content (AvgIpc) is 2.69. The fraction of sp³-hybridized carbons (Fsp3) is 0.182. The highest BCUT2D eigenvalue weighted by Crippen LogP contribution is 2.22. The van der Waals surface area contributed by atoms with Crippen LogP contribution in [0.25, 0.3) is 0 Å². The van der Waals surface area contributed by atoms with E-state index in [1.54, 1.807) is 13.8 Å². The third-order valence-electron chi connectivity index (χ3n) is 2.66. The molecule has 0 saturated carbocycles. The first-order valence-electron chi connectivity index (χ1n) is 5.60. The number of rotatable bonds is 4. The van der Waals surface area contributed by atoms with Crippen LogP contribution in [-0.4, -0.2) is 23.5 Å². The molecule has 0 fully saturated rings. The fourth-order valence-electron chi connectivity index (χ4n) is 1.79. The fourth-order valence-corrected chi connectivity index (χ4v) is 3.23. The van der Waals surface area contributed by atoms with Gasteiger partial charge >= 0.3 is 0 Å². The first-order chi connectivity index (χ1) is 9.31. The lowest BCUT2D eigenvalue weighted by Gasteiger charge is -2.07. The van der Waals surface area contributed by atoms with Crippen molar-refractivity contribution in [2.75, 3.05) is 4.72 Å². The summed E-state index contributed by atoms with van der Waals surface area (Å²) in [5, 5.41) is 17.0. The third-order valence-corrected chi connectivity index (χ3v) is 4.30. The maximum absolute atomic E-state index is 12.2. The Bertz CT molecular complexity index is 730. The molecular weight excluding hydrogens is 284 g/mol. The zero-order valence-electron chi connectivity index (χ0n) is 10.7. The molecule has 2 N–H and O–H groups in total. The van der Waals surface area contributed by atoms with Crippen LogP contribution < -0.4 is 4.72 Å². The molecule has 106 valence electrons. The monoisotopic (exact) mass is 296 g/mol. The number of benzene rings is 1. The van der Waals surface area contributed by atoms with Crippen LogP contribution in [-0.2, 0) is 10.0 Å². The van der Waals surface area contributed by atoms with E-state index in [1.807, 2.05) is 0 Å². The zero-order valence-corrected chi connectivity index (χ0v) is 11.6. The molecule has 0 aliphatic heterocycles. The van der Waals surface area contributed by atoms with Gasteiger partial charge in [-0.1, -0.05) is 0 Å². The number of nitro benzene ring substituents is 1. The molecule has 2 aromatic rings. The predicted molar refractivity (Wildman–Crippen MR) is 72.0 cm³/mol. The second-order valence-corrected chi connectivity index (χ2v) is 5.79. The molecule has 0 saturated heterocycles. The van der Waals surface area contributed by atoms with Crippen molar-refractivity contribution in [1.82, 2.24) is 10.2 Å². The van der Waals surface area contributed by atoms with Gasteiger partial charge in [-0.25, -0.2) is 8.42 Å². The molecule has 20 heavy (non-hydrogen) atoms. The average molecular weight is 296 g/mol. The summed E-state index contributed by atoms with van der Waals surface area (Å²) in [7, 11) is -3.78. The van der Waals surface area contributed by atoms with Crippen LogP contribution >= 0.6 is 0 Å². The number of non-ortho nitro benzene ring substituents is 1. The van der Waals surface area contributed by atoms with Gasteiger partial charge in [0, 0.05) is 17.8 Å². The van der Waals surface area contributed by atoms with Crippen LogP contribution in [0.1, 0.15) is 11.4 Å². The zero-order chi connectivity index (χ0) is 14.9. The lowest BCUT2D eigenvalue weighted by molar-refractivity contribution is -0.384. The second kappa shape index (κ2) is 4.93. The van der Waals surface area contributed by atoms with E-state index in [1.165, 1.54) is 24.3 Å². The van der Waals surface area contributed by atoms with E-state index < -0.39 is 14.9 Å². The highest BCUT2D eigenvalue weighted by molar-refractivity contribution is 7.92. The van der Waals surface area contributed by atoms with Crippen molar-refractivity contribution < 1.29 is 13.3 Å². The van der Waals surface area contributed by atoms with Gasteiger partial charge < -0.3 is 0 Å². The van der Waals surface area contributed by atoms with Crippen molar-refractivity contribution in [3.05, 3.63) is 45.8 Å². The number of aromatic nitrogens is 2. The van der Waals surface area contributed by atoms with Crippen LogP contribution in [0.15, 0.2) is 29.2 Å². The standard InChI is InChI=1S/C11H12N4O4S/c1-7-11(8(2)13-12-7)20(18,19)14-9-3-5-10(6-4-9)15(16)17/h3-6,14H,1-2H3,(H,12,13). The van der Waals surface area contributed by atoms with E-state index in [0.717, 1.165) is 0 Å². The molecule has 0 aliphatic carbocycles. The number of H-pyrrole nitrogens is 1. The quantitative estimate of drug-likeness (QED) is 0.658. The van der Waals surface area contributed by atoms with Crippen molar-refractivity contribution in [2.24, 2.45) is 0 Å². The summed E-state index contributed by atoms with van der Waals surface area (Å²) in [6.45, 7) is 3.18. The smallest absolute Gasteiger partial charge is 0.269 e. The minimum Gasteiger partial charge on any atom is -0.281 e. The number of nitrogens with one attached hydrogen (secondary N) is 2. The van der Waals surface area contributed by atoms with E-state index >= 15 is 0 Å². The summed E-state index contributed by atoms with van der Waals surface area (Å²) < 4.78 is 26.8. The number of aromatic amines is 1. The lowest BCUT2D eigenvalue weighted by Crippen LogP contribution is -2.14. The number of nitrogens with zero attached hydrogens (tertiary/aromatic N) is 2. The van der Waals surface area contributed by atoms with Crippen LogP contribution in [0.2, 0.25) is 0 Å². The van der Waals surface area contributed by atoms with Gasteiger partial charge in [-0.2, -0.15) is 5.10 Å². The number of hydrogen-bond donors (Lipinski definition) is 2. The van der Waals surface area contributed by atoms with Crippen LogP contribution in [0.5, 0.6) is 0 Å². The summed E-state index contributed by atoms with van der Waals surface area (Å²) in [5.74, 6) is 0. The Labute approximate surface area is 115 Å². The number of hydrogen-bond acceptors (Lipinski definition) is 5. The molecule has 1 aromatic carbocycles. The van der Waals surface area contributed by atoms with Gasteiger partial charge in [0.1, 0.15) is 4.90 Å². The molecule has 0 spiro atoms. The lowest BCUT2D eigenvalue weighted by atomic mass is 10.3. The summed E-state index contributed by atoms with van der Waals surface area (Å²) >= 11 is 0. The summed E-state index contributed by atoms with van der Waals surface area (Å²) in [4.78, 5) is 10.1. The van der Waals surface area contributed by atoms with Crippen LogP contribution in [0.4, 0.5) is 11.4 Å². The van der Waals surface area contributed by atoms with Crippen molar-refractivity contribution in [3.63, 3.8) is 0 Å². The van der Waals surface area contributed by atoms with E-state index in [0.29, 0.717) is 11.4 Å². The molecule has 0 unspecified atom stereocenters. The van der Waals surface area contributed by atoms with Crippen LogP contribution in [0, 0.1) is 24.0 Å². The Morgan fingerprint density at radius 3 is 2.30 bits per heavy atom. The highest BCUT2D eigenvalue weighted by Gasteiger charge is 2.22. The molecular formula is C11H12N4O4S. The van der Waals surface area contributed by atoms with Gasteiger partial charge in [-0.05, 0) is 26.0 Å². The van der Waals surface area contributed by atoms with Crippen molar-refractivity contribution >= 4 is 21.4 Å². The number of nitro groups is 1. The molecule has 1 aromatic heterocycles. The summed E-state index contributed by atoms with van der Waals surface area (Å²) in [5.41, 5.74) is 0.924. The molecule has 0 atom stereocenters. The van der Waals surface area contributed by atoms with E-state index in [-0.39, 0.29) is 16.3 Å². The number of anilines is 1. The minimum atomic E-state index is -3.78. The van der Waals surface area contributed by atoms with Gasteiger partial charge in [0.05, 0.1) is 16.3 Å². The minimum absolute atomic E-state index is 0.0795. The van der Waals surface area contributed by atoms with Crippen molar-refractivity contribution in [3.8, 4) is 0 Å². The van der Waals surface area contributed by atoms with E-state index in [9.17, 15) is 18.5 Å². The molecule has 8 nitrogen and oxygen atoms in total. The summed E-state index contributed by atoms with van der Waals surface area (Å²) in [6.07, 6.45) is 0. The Hall–Kier alpha value is -2.42. The summed E-state index contributed by atoms with van der Waals surface area (Å²) in [6, 6.07) is 5.13. The Balaban J connectivity index is 2.31. The van der Waals surface area contributed by atoms with E-state index in [2.05, 4.69) is 14.9 Å².